The lowest BCUT2D eigenvalue weighted by molar-refractivity contribution is 0.0265. The Morgan fingerprint density at radius 2 is 2.07 bits per heavy atom. The molecule has 2 heteroatoms. The van der Waals surface area contributed by atoms with Gasteiger partial charge in [-0.25, -0.2) is 0 Å². The van der Waals surface area contributed by atoms with Crippen LogP contribution in [-0.2, 0) is 4.74 Å². The Morgan fingerprint density at radius 3 is 2.50 bits per heavy atom. The maximum atomic E-state index is 5.80. The SMILES string of the molecule is CCCC(OCC)C(CC1CC1)NC. The molecule has 0 spiro atoms. The lowest BCUT2D eigenvalue weighted by Gasteiger charge is -2.26. The van der Waals surface area contributed by atoms with E-state index in [2.05, 4.69) is 26.2 Å². The second kappa shape index (κ2) is 6.41. The molecule has 0 amide bonds. The summed E-state index contributed by atoms with van der Waals surface area (Å²) < 4.78 is 5.80. The van der Waals surface area contributed by atoms with Crippen molar-refractivity contribution in [3.8, 4) is 0 Å². The molecule has 2 atom stereocenters. The second-order valence-corrected chi connectivity index (χ2v) is 4.36. The van der Waals surface area contributed by atoms with Gasteiger partial charge in [0.1, 0.15) is 0 Å². The fourth-order valence-electron chi connectivity index (χ4n) is 2.07. The highest BCUT2D eigenvalue weighted by Crippen LogP contribution is 2.34. The Morgan fingerprint density at radius 1 is 1.36 bits per heavy atom. The van der Waals surface area contributed by atoms with Crippen LogP contribution in [0.4, 0.5) is 0 Å². The predicted octanol–water partition coefficient (Wildman–Crippen LogP) is 2.58. The molecule has 2 unspecified atom stereocenters. The van der Waals surface area contributed by atoms with Crippen LogP contribution in [-0.4, -0.2) is 25.8 Å². The fourth-order valence-corrected chi connectivity index (χ4v) is 2.07. The first kappa shape index (κ1) is 12.0. The van der Waals surface area contributed by atoms with E-state index in [-0.39, 0.29) is 0 Å². The molecule has 1 aliphatic rings. The number of rotatable bonds is 8. The summed E-state index contributed by atoms with van der Waals surface area (Å²) in [6.07, 6.45) is 7.00. The Labute approximate surface area is 88.4 Å². The van der Waals surface area contributed by atoms with E-state index in [1.54, 1.807) is 0 Å². The van der Waals surface area contributed by atoms with Crippen LogP contribution in [0.2, 0.25) is 0 Å². The lowest BCUT2D eigenvalue weighted by Crippen LogP contribution is -2.39. The summed E-state index contributed by atoms with van der Waals surface area (Å²) in [4.78, 5) is 0. The molecule has 0 heterocycles. The van der Waals surface area contributed by atoms with Gasteiger partial charge in [0.15, 0.2) is 0 Å². The summed E-state index contributed by atoms with van der Waals surface area (Å²) in [5.74, 6) is 0.979. The van der Waals surface area contributed by atoms with Crippen molar-refractivity contribution in [1.82, 2.24) is 5.32 Å². The average molecular weight is 199 g/mol. The smallest absolute Gasteiger partial charge is 0.0727 e. The van der Waals surface area contributed by atoms with E-state index in [0.717, 1.165) is 12.5 Å². The van der Waals surface area contributed by atoms with Crippen LogP contribution in [0.25, 0.3) is 0 Å². The van der Waals surface area contributed by atoms with E-state index in [4.69, 9.17) is 4.74 Å². The van der Waals surface area contributed by atoms with Crippen molar-refractivity contribution in [2.75, 3.05) is 13.7 Å². The monoisotopic (exact) mass is 199 g/mol. The average Bonchev–Trinajstić information content (AvgIpc) is 2.98. The molecule has 0 bridgehead atoms. The molecule has 2 nitrogen and oxygen atoms in total. The highest BCUT2D eigenvalue weighted by atomic mass is 16.5. The van der Waals surface area contributed by atoms with Gasteiger partial charge < -0.3 is 10.1 Å². The van der Waals surface area contributed by atoms with Gasteiger partial charge >= 0.3 is 0 Å². The molecule has 14 heavy (non-hydrogen) atoms. The molecule has 0 aromatic rings. The molecule has 0 aliphatic heterocycles. The third kappa shape index (κ3) is 3.97. The van der Waals surface area contributed by atoms with Crippen LogP contribution in [0.1, 0.15) is 46.0 Å². The zero-order valence-corrected chi connectivity index (χ0v) is 9.88. The van der Waals surface area contributed by atoms with Gasteiger partial charge in [0.25, 0.3) is 0 Å². The summed E-state index contributed by atoms with van der Waals surface area (Å²) in [5.41, 5.74) is 0. The Kier molecular flexibility index (Phi) is 5.49. The van der Waals surface area contributed by atoms with Crippen LogP contribution < -0.4 is 5.32 Å². The summed E-state index contributed by atoms with van der Waals surface area (Å²) in [6.45, 7) is 5.16. The van der Waals surface area contributed by atoms with Crippen molar-refractivity contribution in [2.45, 2.75) is 58.1 Å². The number of ether oxygens (including phenoxy) is 1. The van der Waals surface area contributed by atoms with Gasteiger partial charge in [-0.2, -0.15) is 0 Å². The minimum atomic E-state index is 0.426. The van der Waals surface area contributed by atoms with Gasteiger partial charge in [0.2, 0.25) is 0 Å². The van der Waals surface area contributed by atoms with Crippen molar-refractivity contribution in [3.63, 3.8) is 0 Å². The van der Waals surface area contributed by atoms with Gasteiger partial charge in [0.05, 0.1) is 6.10 Å². The van der Waals surface area contributed by atoms with Gasteiger partial charge in [-0.15, -0.1) is 0 Å². The van der Waals surface area contributed by atoms with Crippen LogP contribution in [0, 0.1) is 5.92 Å². The second-order valence-electron chi connectivity index (χ2n) is 4.36. The minimum absolute atomic E-state index is 0.426. The zero-order chi connectivity index (χ0) is 10.4. The minimum Gasteiger partial charge on any atom is -0.377 e. The largest absolute Gasteiger partial charge is 0.377 e. The zero-order valence-electron chi connectivity index (χ0n) is 9.88. The highest BCUT2D eigenvalue weighted by molar-refractivity contribution is 4.84. The van der Waals surface area contributed by atoms with Crippen molar-refractivity contribution >= 4 is 0 Å². The molecule has 1 N–H and O–H groups in total. The molecular formula is C12H25NO. The first-order valence-corrected chi connectivity index (χ1v) is 6.10. The number of nitrogens with one attached hydrogen (secondary N) is 1. The summed E-state index contributed by atoms with van der Waals surface area (Å²) >= 11 is 0. The number of hydrogen-bond acceptors (Lipinski definition) is 2. The Bertz CT molecular complexity index is 139. The molecule has 0 aromatic carbocycles. The fraction of sp³-hybridized carbons (Fsp3) is 1.00. The van der Waals surface area contributed by atoms with Crippen molar-refractivity contribution in [3.05, 3.63) is 0 Å². The first-order valence-electron chi connectivity index (χ1n) is 6.10. The van der Waals surface area contributed by atoms with Gasteiger partial charge in [0, 0.05) is 12.6 Å². The van der Waals surface area contributed by atoms with Crippen LogP contribution in [0.5, 0.6) is 0 Å². The number of hydrogen-bond donors (Lipinski definition) is 1. The maximum Gasteiger partial charge on any atom is 0.0727 e. The third-order valence-corrected chi connectivity index (χ3v) is 3.06. The molecule has 1 saturated carbocycles. The predicted molar refractivity (Wildman–Crippen MR) is 60.5 cm³/mol. The maximum absolute atomic E-state index is 5.80. The summed E-state index contributed by atoms with van der Waals surface area (Å²) in [7, 11) is 2.06. The number of likely N-dealkylation sites (N-methyl/N-ethyl adjacent to an activating group) is 1. The highest BCUT2D eigenvalue weighted by Gasteiger charge is 2.29. The quantitative estimate of drug-likeness (QED) is 0.649. The summed E-state index contributed by atoms with van der Waals surface area (Å²) in [5, 5.41) is 3.42. The van der Waals surface area contributed by atoms with E-state index in [1.165, 1.54) is 32.1 Å². The molecule has 0 saturated heterocycles. The molecule has 1 fully saturated rings. The molecule has 1 aliphatic carbocycles. The lowest BCUT2D eigenvalue weighted by atomic mass is 10.0. The normalized spacial score (nSPS) is 20.8. The molecule has 1 rings (SSSR count). The van der Waals surface area contributed by atoms with Gasteiger partial charge in [-0.05, 0) is 32.7 Å². The van der Waals surface area contributed by atoms with Crippen molar-refractivity contribution in [2.24, 2.45) is 5.92 Å². The van der Waals surface area contributed by atoms with Gasteiger partial charge in [-0.1, -0.05) is 26.2 Å². The van der Waals surface area contributed by atoms with Gasteiger partial charge in [-0.3, -0.25) is 0 Å². The Balaban J connectivity index is 2.33. The van der Waals surface area contributed by atoms with Crippen LogP contribution in [0.3, 0.4) is 0 Å². The molecular weight excluding hydrogens is 174 g/mol. The summed E-state index contributed by atoms with van der Waals surface area (Å²) in [6, 6.07) is 0.572. The van der Waals surface area contributed by atoms with E-state index in [9.17, 15) is 0 Å². The van der Waals surface area contributed by atoms with E-state index < -0.39 is 0 Å². The Hall–Kier alpha value is -0.0800. The topological polar surface area (TPSA) is 21.3 Å². The van der Waals surface area contributed by atoms with Crippen molar-refractivity contribution < 1.29 is 4.74 Å². The third-order valence-electron chi connectivity index (χ3n) is 3.06. The molecule has 84 valence electrons. The first-order chi connectivity index (χ1) is 6.81. The standard InChI is InChI=1S/C12H25NO/c1-4-6-12(14-5-2)11(13-3)9-10-7-8-10/h10-13H,4-9H2,1-3H3. The van der Waals surface area contributed by atoms with Crippen LogP contribution in [0.15, 0.2) is 0 Å². The van der Waals surface area contributed by atoms with E-state index in [1.807, 2.05) is 0 Å². The molecule has 0 radical (unpaired) electrons. The van der Waals surface area contributed by atoms with E-state index in [0.29, 0.717) is 12.1 Å². The van der Waals surface area contributed by atoms with Crippen LogP contribution >= 0.6 is 0 Å². The molecule has 0 aromatic heterocycles. The van der Waals surface area contributed by atoms with E-state index >= 15 is 0 Å². The van der Waals surface area contributed by atoms with Crippen molar-refractivity contribution in [1.29, 1.82) is 0 Å².